The molecule has 0 radical (unpaired) electrons. The van der Waals surface area contributed by atoms with Gasteiger partial charge >= 0.3 is 0 Å². The number of halogens is 2. The molecule has 1 unspecified atom stereocenters. The minimum atomic E-state index is -0.162. The number of rotatable bonds is 4. The predicted octanol–water partition coefficient (Wildman–Crippen LogP) is 4.30. The zero-order chi connectivity index (χ0) is 13.1. The van der Waals surface area contributed by atoms with Gasteiger partial charge in [-0.3, -0.25) is 0 Å². The van der Waals surface area contributed by atoms with E-state index in [-0.39, 0.29) is 11.9 Å². The van der Waals surface area contributed by atoms with Gasteiger partial charge in [-0.1, -0.05) is 6.07 Å². The molecule has 2 aromatic rings. The zero-order valence-corrected chi connectivity index (χ0v) is 13.3. The van der Waals surface area contributed by atoms with Crippen LogP contribution in [0, 0.1) is 15.6 Å². The van der Waals surface area contributed by atoms with E-state index in [1.165, 1.54) is 14.5 Å². The van der Waals surface area contributed by atoms with E-state index < -0.39 is 0 Å². The van der Waals surface area contributed by atoms with E-state index in [0.29, 0.717) is 0 Å². The zero-order valence-electron chi connectivity index (χ0n) is 10.3. The third-order valence-corrected chi connectivity index (χ3v) is 4.88. The Kier molecular flexibility index (Phi) is 4.75. The molecule has 18 heavy (non-hydrogen) atoms. The number of likely N-dealkylation sites (N-methyl/N-ethyl adjacent to an activating group) is 1. The Balaban J connectivity index is 2.22. The van der Waals surface area contributed by atoms with E-state index in [4.69, 9.17) is 0 Å². The van der Waals surface area contributed by atoms with Crippen molar-refractivity contribution in [1.29, 1.82) is 0 Å². The molecule has 4 heteroatoms. The fraction of sp³-hybridized carbons (Fsp3) is 0.286. The number of aryl methyl sites for hydroxylation is 1. The van der Waals surface area contributed by atoms with Gasteiger partial charge in [0.05, 0.1) is 2.88 Å². The molecule has 0 spiro atoms. The Morgan fingerprint density at radius 3 is 2.78 bits per heavy atom. The van der Waals surface area contributed by atoms with Gasteiger partial charge < -0.3 is 5.32 Å². The smallest absolute Gasteiger partial charge is 0.123 e. The molecule has 0 aliphatic carbocycles. The SMILES string of the molecule is CNC(Cc1cc(F)ccc1C)c1csc(I)c1. The topological polar surface area (TPSA) is 12.0 Å². The van der Waals surface area contributed by atoms with E-state index in [2.05, 4.69) is 39.4 Å². The molecule has 1 atom stereocenters. The van der Waals surface area contributed by atoms with Gasteiger partial charge in [-0.25, -0.2) is 4.39 Å². The molecular weight excluding hydrogens is 360 g/mol. The number of hydrogen-bond acceptors (Lipinski definition) is 2. The summed E-state index contributed by atoms with van der Waals surface area (Å²) in [6.07, 6.45) is 0.812. The third kappa shape index (κ3) is 3.30. The van der Waals surface area contributed by atoms with E-state index in [9.17, 15) is 4.39 Å². The largest absolute Gasteiger partial charge is 0.313 e. The van der Waals surface area contributed by atoms with Crippen molar-refractivity contribution >= 4 is 33.9 Å². The maximum atomic E-state index is 13.3. The molecule has 0 amide bonds. The normalized spacial score (nSPS) is 12.7. The van der Waals surface area contributed by atoms with Crippen LogP contribution in [0.4, 0.5) is 4.39 Å². The first kappa shape index (κ1) is 14.0. The molecule has 1 aromatic carbocycles. The highest BCUT2D eigenvalue weighted by Crippen LogP contribution is 2.26. The summed E-state index contributed by atoms with van der Waals surface area (Å²) in [5.74, 6) is -0.162. The van der Waals surface area contributed by atoms with Gasteiger partial charge in [0.2, 0.25) is 0 Å². The summed E-state index contributed by atoms with van der Waals surface area (Å²) < 4.78 is 14.6. The Morgan fingerprint density at radius 1 is 1.39 bits per heavy atom. The van der Waals surface area contributed by atoms with Crippen molar-refractivity contribution in [3.05, 3.63) is 55.0 Å². The second-order valence-electron chi connectivity index (χ2n) is 4.30. The van der Waals surface area contributed by atoms with Crippen molar-refractivity contribution in [3.8, 4) is 0 Å². The van der Waals surface area contributed by atoms with Gasteiger partial charge in [0, 0.05) is 6.04 Å². The summed E-state index contributed by atoms with van der Waals surface area (Å²) in [5, 5.41) is 5.47. The highest BCUT2D eigenvalue weighted by atomic mass is 127. The van der Waals surface area contributed by atoms with Crippen molar-refractivity contribution < 1.29 is 4.39 Å². The lowest BCUT2D eigenvalue weighted by Crippen LogP contribution is -2.18. The molecule has 0 saturated heterocycles. The van der Waals surface area contributed by atoms with E-state index in [0.717, 1.165) is 17.5 Å². The average molecular weight is 375 g/mol. The number of thiophene rings is 1. The minimum absolute atomic E-state index is 0.162. The van der Waals surface area contributed by atoms with Crippen LogP contribution < -0.4 is 5.32 Å². The van der Waals surface area contributed by atoms with Crippen molar-refractivity contribution in [2.75, 3.05) is 7.05 Å². The van der Waals surface area contributed by atoms with E-state index >= 15 is 0 Å². The molecule has 1 heterocycles. The lowest BCUT2D eigenvalue weighted by atomic mass is 9.98. The summed E-state index contributed by atoms with van der Waals surface area (Å²) in [4.78, 5) is 0. The Hall–Kier alpha value is -0.460. The Bertz CT molecular complexity index is 538. The standard InChI is InChI=1S/C14H15FINS/c1-9-3-4-12(15)5-10(9)6-13(17-2)11-7-14(16)18-8-11/h3-5,7-8,13,17H,6H2,1-2H3. The monoisotopic (exact) mass is 375 g/mol. The summed E-state index contributed by atoms with van der Waals surface area (Å²) in [5.41, 5.74) is 3.48. The molecule has 1 N–H and O–H groups in total. The van der Waals surface area contributed by atoms with Gasteiger partial charge in [-0.2, -0.15) is 0 Å². The summed E-state index contributed by atoms with van der Waals surface area (Å²) in [6, 6.07) is 7.42. The number of benzene rings is 1. The molecule has 2 rings (SSSR count). The van der Waals surface area contributed by atoms with Crippen LogP contribution in [0.25, 0.3) is 0 Å². The third-order valence-electron chi connectivity index (χ3n) is 3.07. The average Bonchev–Trinajstić information content (AvgIpc) is 2.77. The summed E-state index contributed by atoms with van der Waals surface area (Å²) >= 11 is 4.06. The van der Waals surface area contributed by atoms with Crippen molar-refractivity contribution in [2.45, 2.75) is 19.4 Å². The molecule has 0 aliphatic rings. The van der Waals surface area contributed by atoms with Crippen molar-refractivity contribution in [1.82, 2.24) is 5.32 Å². The van der Waals surface area contributed by atoms with Gasteiger partial charge in [-0.15, -0.1) is 11.3 Å². The number of nitrogens with one attached hydrogen (secondary N) is 1. The van der Waals surface area contributed by atoms with E-state index in [1.807, 2.05) is 20.0 Å². The van der Waals surface area contributed by atoms with Crippen LogP contribution in [0.1, 0.15) is 22.7 Å². The maximum absolute atomic E-state index is 13.3. The lowest BCUT2D eigenvalue weighted by molar-refractivity contribution is 0.584. The van der Waals surface area contributed by atoms with E-state index in [1.54, 1.807) is 17.4 Å². The van der Waals surface area contributed by atoms with Crippen LogP contribution in [0.3, 0.4) is 0 Å². The highest BCUT2D eigenvalue weighted by Gasteiger charge is 2.13. The molecule has 0 aliphatic heterocycles. The van der Waals surface area contributed by atoms with Crippen LogP contribution in [-0.4, -0.2) is 7.05 Å². The second kappa shape index (κ2) is 6.12. The van der Waals surface area contributed by atoms with Crippen molar-refractivity contribution in [3.63, 3.8) is 0 Å². The quantitative estimate of drug-likeness (QED) is 0.786. The molecule has 0 fully saturated rings. The minimum Gasteiger partial charge on any atom is -0.313 e. The van der Waals surface area contributed by atoms with Gasteiger partial charge in [0.1, 0.15) is 5.82 Å². The highest BCUT2D eigenvalue weighted by molar-refractivity contribution is 14.1. The summed E-state index contributed by atoms with van der Waals surface area (Å²) in [6.45, 7) is 2.03. The molecule has 1 nitrogen and oxygen atoms in total. The molecule has 1 aromatic heterocycles. The number of hydrogen-bond donors (Lipinski definition) is 1. The maximum Gasteiger partial charge on any atom is 0.123 e. The molecular formula is C14H15FINS. The van der Waals surface area contributed by atoms with Gasteiger partial charge in [0.25, 0.3) is 0 Å². The van der Waals surface area contributed by atoms with Crippen LogP contribution in [0.2, 0.25) is 0 Å². The van der Waals surface area contributed by atoms with Gasteiger partial charge in [0.15, 0.2) is 0 Å². The summed E-state index contributed by atoms with van der Waals surface area (Å²) in [7, 11) is 1.95. The Morgan fingerprint density at radius 2 is 2.17 bits per heavy atom. The van der Waals surface area contributed by atoms with Crippen LogP contribution in [-0.2, 0) is 6.42 Å². The predicted molar refractivity (Wildman–Crippen MR) is 83.7 cm³/mol. The van der Waals surface area contributed by atoms with Crippen molar-refractivity contribution in [2.24, 2.45) is 0 Å². The Labute approximate surface area is 125 Å². The van der Waals surface area contributed by atoms with Crippen LogP contribution in [0.5, 0.6) is 0 Å². The second-order valence-corrected chi connectivity index (χ2v) is 7.11. The van der Waals surface area contributed by atoms with Gasteiger partial charge in [-0.05, 0) is 83.3 Å². The molecule has 0 saturated carbocycles. The first-order valence-corrected chi connectivity index (χ1v) is 7.72. The molecule has 0 bridgehead atoms. The first-order valence-electron chi connectivity index (χ1n) is 5.76. The fourth-order valence-electron chi connectivity index (χ4n) is 1.97. The van der Waals surface area contributed by atoms with Crippen LogP contribution in [0.15, 0.2) is 29.6 Å². The van der Waals surface area contributed by atoms with Crippen LogP contribution >= 0.6 is 33.9 Å². The lowest BCUT2D eigenvalue weighted by Gasteiger charge is -2.16. The fourth-order valence-corrected chi connectivity index (χ4v) is 3.40. The first-order chi connectivity index (χ1) is 8.60. The molecule has 96 valence electrons.